The van der Waals surface area contributed by atoms with Crippen LogP contribution in [-0.2, 0) is 14.3 Å². The molecule has 0 aromatic heterocycles. The van der Waals surface area contributed by atoms with Crippen molar-refractivity contribution in [2.24, 2.45) is 11.3 Å². The fraction of sp³-hybridized carbons (Fsp3) is 0.600. The van der Waals surface area contributed by atoms with Gasteiger partial charge in [0, 0.05) is 11.6 Å². The molecular weight excluding hydrogens is 380 g/mol. The molecule has 1 heterocycles. The molecule has 1 aliphatic carbocycles. The number of hydrogen-bond donors (Lipinski definition) is 2. The minimum Gasteiger partial charge on any atom is -0.429 e. The number of cyclic esters (lactones) is 1. The normalized spacial score (nSPS) is 28.3. The maximum atomic E-state index is 11.4. The highest BCUT2D eigenvalue weighted by Gasteiger charge is 2.40. The zero-order valence-electron chi connectivity index (χ0n) is 18.5. The summed E-state index contributed by atoms with van der Waals surface area (Å²) in [5.74, 6) is 0.0187. The number of allylic oxidation sites excluding steroid dienone is 4. The van der Waals surface area contributed by atoms with Crippen molar-refractivity contribution in [3.05, 3.63) is 47.1 Å². The van der Waals surface area contributed by atoms with E-state index < -0.39 is 18.4 Å². The molecule has 0 bridgehead atoms. The van der Waals surface area contributed by atoms with Crippen LogP contribution in [0.4, 0.5) is 0 Å². The molecule has 1 fully saturated rings. The van der Waals surface area contributed by atoms with E-state index >= 15 is 0 Å². The Hall–Kier alpha value is -1.98. The fourth-order valence-electron chi connectivity index (χ4n) is 4.76. The van der Waals surface area contributed by atoms with Crippen LogP contribution in [0.15, 0.2) is 47.1 Å². The molecule has 0 saturated heterocycles. The Morgan fingerprint density at radius 2 is 2.10 bits per heavy atom. The SMILES string of the molecule is C=C(C)[C@]1(CC/C(C)=C/CC/C(C=O)=C\CC(O)C2=CC(=O)OC2O)CCC[C@@H]1C. The van der Waals surface area contributed by atoms with Crippen molar-refractivity contribution in [3.63, 3.8) is 0 Å². The third kappa shape index (κ3) is 6.02. The fourth-order valence-corrected chi connectivity index (χ4v) is 4.76. The molecule has 2 unspecified atom stereocenters. The van der Waals surface area contributed by atoms with Gasteiger partial charge in [-0.1, -0.05) is 43.2 Å². The van der Waals surface area contributed by atoms with Gasteiger partial charge in [0.15, 0.2) is 0 Å². The van der Waals surface area contributed by atoms with E-state index in [-0.39, 0.29) is 17.4 Å². The molecule has 2 aliphatic rings. The first-order chi connectivity index (χ1) is 14.2. The molecule has 0 spiro atoms. The molecule has 4 atom stereocenters. The largest absolute Gasteiger partial charge is 0.429 e. The third-order valence-electron chi connectivity index (χ3n) is 6.88. The molecule has 5 heteroatoms. The van der Waals surface area contributed by atoms with Crippen molar-refractivity contribution in [3.8, 4) is 0 Å². The average Bonchev–Trinajstić information content (AvgIpc) is 3.24. The highest BCUT2D eigenvalue weighted by Crippen LogP contribution is 2.51. The lowest BCUT2D eigenvalue weighted by Gasteiger charge is -2.35. The maximum absolute atomic E-state index is 11.4. The van der Waals surface area contributed by atoms with E-state index in [1.54, 1.807) is 6.08 Å². The molecule has 30 heavy (non-hydrogen) atoms. The highest BCUT2D eigenvalue weighted by molar-refractivity contribution is 5.85. The van der Waals surface area contributed by atoms with Crippen LogP contribution in [0.2, 0.25) is 0 Å². The monoisotopic (exact) mass is 416 g/mol. The molecule has 0 aromatic carbocycles. The summed E-state index contributed by atoms with van der Waals surface area (Å²) in [5.41, 5.74) is 3.63. The summed E-state index contributed by atoms with van der Waals surface area (Å²) in [5, 5.41) is 19.7. The summed E-state index contributed by atoms with van der Waals surface area (Å²) in [6.45, 7) is 10.9. The zero-order valence-corrected chi connectivity index (χ0v) is 18.5. The summed E-state index contributed by atoms with van der Waals surface area (Å²) in [7, 11) is 0. The van der Waals surface area contributed by atoms with Gasteiger partial charge in [0.05, 0.1) is 6.10 Å². The number of carbonyl (C=O) groups excluding carboxylic acids is 2. The summed E-state index contributed by atoms with van der Waals surface area (Å²) in [6.07, 6.45) is 10.8. The van der Waals surface area contributed by atoms with Crippen LogP contribution >= 0.6 is 0 Å². The lowest BCUT2D eigenvalue weighted by atomic mass is 9.70. The molecular formula is C25H36O5. The third-order valence-corrected chi connectivity index (χ3v) is 6.88. The Kier molecular flexibility index (Phi) is 8.80. The van der Waals surface area contributed by atoms with Gasteiger partial charge in [0.25, 0.3) is 0 Å². The Balaban J connectivity index is 1.84. The van der Waals surface area contributed by atoms with E-state index in [1.807, 2.05) is 0 Å². The number of carbonyl (C=O) groups is 2. The topological polar surface area (TPSA) is 83.8 Å². The standard InChI is InChI=1S/C25H36O5/c1-17(2)25(13-6-8-19(25)4)14-12-18(3)7-5-9-20(16-26)10-11-22(27)21-15-23(28)30-24(21)29/h7,10,15-16,19,22,24,27,29H,1,5-6,8-9,11-14H2,2-4H3/b18-7+,20-10+/t19-,22?,24?,25+/m0/s1. The molecule has 2 rings (SSSR count). The number of rotatable bonds is 11. The number of aldehydes is 1. The van der Waals surface area contributed by atoms with Gasteiger partial charge >= 0.3 is 5.97 Å². The number of aliphatic hydroxyl groups excluding tert-OH is 2. The number of hydrogen-bond acceptors (Lipinski definition) is 5. The van der Waals surface area contributed by atoms with Crippen molar-refractivity contribution < 1.29 is 24.5 Å². The number of ether oxygens (including phenoxy) is 1. The van der Waals surface area contributed by atoms with Crippen molar-refractivity contribution in [2.75, 3.05) is 0 Å². The van der Waals surface area contributed by atoms with Gasteiger partial charge in [-0.3, -0.25) is 4.79 Å². The second-order valence-electron chi connectivity index (χ2n) is 8.90. The van der Waals surface area contributed by atoms with E-state index in [9.17, 15) is 19.8 Å². The van der Waals surface area contributed by atoms with Crippen LogP contribution in [-0.4, -0.2) is 34.9 Å². The minimum atomic E-state index is -1.41. The van der Waals surface area contributed by atoms with Crippen LogP contribution in [0.3, 0.4) is 0 Å². The van der Waals surface area contributed by atoms with Gasteiger partial charge < -0.3 is 14.9 Å². The molecule has 1 aliphatic heterocycles. The Labute approximate surface area is 180 Å². The molecule has 1 saturated carbocycles. The highest BCUT2D eigenvalue weighted by atomic mass is 16.6. The van der Waals surface area contributed by atoms with Crippen molar-refractivity contribution in [1.82, 2.24) is 0 Å². The quantitative estimate of drug-likeness (QED) is 0.223. The lowest BCUT2D eigenvalue weighted by molar-refractivity contribution is -0.151. The van der Waals surface area contributed by atoms with E-state index in [0.29, 0.717) is 17.9 Å². The van der Waals surface area contributed by atoms with Crippen LogP contribution in [0.25, 0.3) is 0 Å². The van der Waals surface area contributed by atoms with Gasteiger partial charge in [-0.15, -0.1) is 0 Å². The first-order valence-corrected chi connectivity index (χ1v) is 10.9. The second kappa shape index (κ2) is 10.9. The molecule has 0 amide bonds. The van der Waals surface area contributed by atoms with Crippen molar-refractivity contribution >= 4 is 12.3 Å². The van der Waals surface area contributed by atoms with Gasteiger partial charge in [-0.2, -0.15) is 0 Å². The molecule has 2 N–H and O–H groups in total. The number of esters is 1. The smallest absolute Gasteiger partial charge is 0.333 e. The molecule has 166 valence electrons. The van der Waals surface area contributed by atoms with Crippen LogP contribution in [0.5, 0.6) is 0 Å². The van der Waals surface area contributed by atoms with Gasteiger partial charge in [0.2, 0.25) is 6.29 Å². The van der Waals surface area contributed by atoms with Crippen molar-refractivity contribution in [2.45, 2.75) is 84.5 Å². The predicted octanol–water partition coefficient (Wildman–Crippen LogP) is 4.55. The van der Waals surface area contributed by atoms with Gasteiger partial charge in [-0.05, 0) is 75.7 Å². The molecule has 5 nitrogen and oxygen atoms in total. The van der Waals surface area contributed by atoms with Gasteiger partial charge in [-0.25, -0.2) is 4.79 Å². The first kappa shape index (κ1) is 24.3. The van der Waals surface area contributed by atoms with E-state index in [4.69, 9.17) is 0 Å². The Bertz CT molecular complexity index is 745. The lowest BCUT2D eigenvalue weighted by Crippen LogP contribution is -2.24. The Morgan fingerprint density at radius 3 is 2.63 bits per heavy atom. The van der Waals surface area contributed by atoms with E-state index in [2.05, 4.69) is 38.2 Å². The number of aliphatic hydroxyl groups is 2. The summed E-state index contributed by atoms with van der Waals surface area (Å²) >= 11 is 0. The van der Waals surface area contributed by atoms with Crippen LogP contribution in [0.1, 0.15) is 72.1 Å². The van der Waals surface area contributed by atoms with E-state index in [0.717, 1.165) is 31.6 Å². The van der Waals surface area contributed by atoms with Crippen LogP contribution in [0, 0.1) is 11.3 Å². The second-order valence-corrected chi connectivity index (χ2v) is 8.90. The molecule has 0 radical (unpaired) electrons. The predicted molar refractivity (Wildman–Crippen MR) is 117 cm³/mol. The summed E-state index contributed by atoms with van der Waals surface area (Å²) in [6, 6.07) is 0. The maximum Gasteiger partial charge on any atom is 0.333 e. The van der Waals surface area contributed by atoms with Crippen LogP contribution < -0.4 is 0 Å². The first-order valence-electron chi connectivity index (χ1n) is 10.9. The summed E-state index contributed by atoms with van der Waals surface area (Å²) in [4.78, 5) is 22.5. The minimum absolute atomic E-state index is 0.129. The summed E-state index contributed by atoms with van der Waals surface area (Å²) < 4.78 is 4.57. The molecule has 0 aromatic rings. The average molecular weight is 417 g/mol. The van der Waals surface area contributed by atoms with Crippen molar-refractivity contribution in [1.29, 1.82) is 0 Å². The Morgan fingerprint density at radius 1 is 1.37 bits per heavy atom. The van der Waals surface area contributed by atoms with Gasteiger partial charge in [0.1, 0.15) is 6.29 Å². The van der Waals surface area contributed by atoms with E-state index in [1.165, 1.54) is 30.4 Å². The zero-order chi connectivity index (χ0) is 22.3.